The zero-order valence-corrected chi connectivity index (χ0v) is 12.9. The van der Waals surface area contributed by atoms with Crippen molar-refractivity contribution in [3.05, 3.63) is 85.3 Å². The highest BCUT2D eigenvalue weighted by Crippen LogP contribution is 2.37. The Balaban J connectivity index is 1.79. The third-order valence-electron chi connectivity index (χ3n) is 4.44. The minimum absolute atomic E-state index is 0.843. The van der Waals surface area contributed by atoms with E-state index >= 15 is 0 Å². The van der Waals surface area contributed by atoms with Gasteiger partial charge in [0.15, 0.2) is 0 Å². The summed E-state index contributed by atoms with van der Waals surface area (Å²) < 4.78 is 11.5. The third-order valence-corrected chi connectivity index (χ3v) is 4.44. The average Bonchev–Trinajstić information content (AvgIpc) is 3.25. The predicted molar refractivity (Wildman–Crippen MR) is 96.9 cm³/mol. The molecular weight excluding hydrogens is 296 g/mol. The van der Waals surface area contributed by atoms with Crippen molar-refractivity contribution in [2.75, 3.05) is 0 Å². The smallest absolute Gasteiger partial charge is 0.138 e. The second kappa shape index (κ2) is 5.14. The van der Waals surface area contributed by atoms with Crippen molar-refractivity contribution >= 4 is 21.9 Å². The summed E-state index contributed by atoms with van der Waals surface area (Å²) in [6.45, 7) is 0. The molecule has 2 heterocycles. The molecule has 5 aromatic rings. The summed E-state index contributed by atoms with van der Waals surface area (Å²) in [6, 6.07) is 24.8. The van der Waals surface area contributed by atoms with Gasteiger partial charge in [0.2, 0.25) is 0 Å². The molecule has 2 heteroatoms. The summed E-state index contributed by atoms with van der Waals surface area (Å²) in [6.07, 6.45) is 3.64. The van der Waals surface area contributed by atoms with Crippen LogP contribution in [0.15, 0.2) is 94.2 Å². The fraction of sp³-hybridized carbons (Fsp3) is 0. The summed E-state index contributed by atoms with van der Waals surface area (Å²) >= 11 is 0. The summed E-state index contributed by atoms with van der Waals surface area (Å²) in [5.41, 5.74) is 6.20. The second-order valence-electron chi connectivity index (χ2n) is 5.88. The van der Waals surface area contributed by atoms with Gasteiger partial charge in [-0.05, 0) is 17.2 Å². The van der Waals surface area contributed by atoms with Crippen molar-refractivity contribution < 1.29 is 8.83 Å². The molecule has 0 N–H and O–H groups in total. The Morgan fingerprint density at radius 2 is 0.958 bits per heavy atom. The fourth-order valence-corrected chi connectivity index (χ4v) is 3.23. The average molecular weight is 310 g/mol. The standard InChI is InChI=1S/C22H14O2/c1-3-7-15(8-4-1)19-13-23-21-12-22-18(11-17(19)21)20(14-24-22)16-9-5-2-6-10-16/h1-14H. The SMILES string of the molecule is c1ccc(-c2coc3cc4occ(-c5ccccc5)c4cc23)cc1. The number of rotatable bonds is 2. The molecule has 0 amide bonds. The van der Waals surface area contributed by atoms with E-state index in [-0.39, 0.29) is 0 Å². The van der Waals surface area contributed by atoms with Crippen LogP contribution < -0.4 is 0 Å². The molecule has 24 heavy (non-hydrogen) atoms. The van der Waals surface area contributed by atoms with Gasteiger partial charge in [-0.2, -0.15) is 0 Å². The first kappa shape index (κ1) is 13.2. The van der Waals surface area contributed by atoms with Gasteiger partial charge in [0.05, 0.1) is 12.5 Å². The molecule has 5 rings (SSSR count). The molecule has 2 nitrogen and oxygen atoms in total. The van der Waals surface area contributed by atoms with Gasteiger partial charge in [-0.1, -0.05) is 60.7 Å². The summed E-state index contributed by atoms with van der Waals surface area (Å²) in [7, 11) is 0. The van der Waals surface area contributed by atoms with Gasteiger partial charge in [0, 0.05) is 28.0 Å². The van der Waals surface area contributed by atoms with Crippen LogP contribution in [0.25, 0.3) is 44.2 Å². The Bertz CT molecular complexity index is 1040. The van der Waals surface area contributed by atoms with Crippen molar-refractivity contribution in [1.29, 1.82) is 0 Å². The topological polar surface area (TPSA) is 26.3 Å². The zero-order chi connectivity index (χ0) is 15.9. The lowest BCUT2D eigenvalue weighted by Crippen LogP contribution is -1.77. The number of fused-ring (bicyclic) bond motifs is 2. The monoisotopic (exact) mass is 310 g/mol. The van der Waals surface area contributed by atoms with E-state index in [0.29, 0.717) is 0 Å². The maximum atomic E-state index is 5.77. The van der Waals surface area contributed by atoms with E-state index in [2.05, 4.69) is 30.3 Å². The van der Waals surface area contributed by atoms with Crippen molar-refractivity contribution in [1.82, 2.24) is 0 Å². The fourth-order valence-electron chi connectivity index (χ4n) is 3.23. The van der Waals surface area contributed by atoms with Crippen molar-refractivity contribution in [2.45, 2.75) is 0 Å². The maximum Gasteiger partial charge on any atom is 0.138 e. The van der Waals surface area contributed by atoms with Crippen LogP contribution in [0.1, 0.15) is 0 Å². The van der Waals surface area contributed by atoms with E-state index in [1.165, 1.54) is 0 Å². The Morgan fingerprint density at radius 3 is 1.42 bits per heavy atom. The van der Waals surface area contributed by atoms with Crippen LogP contribution in [0, 0.1) is 0 Å². The van der Waals surface area contributed by atoms with Crippen LogP contribution in [-0.4, -0.2) is 0 Å². The van der Waals surface area contributed by atoms with Gasteiger partial charge >= 0.3 is 0 Å². The quantitative estimate of drug-likeness (QED) is 0.371. The van der Waals surface area contributed by atoms with E-state index in [1.54, 1.807) is 0 Å². The van der Waals surface area contributed by atoms with E-state index in [1.807, 2.05) is 55.0 Å². The lowest BCUT2D eigenvalue weighted by Gasteiger charge is -2.00. The second-order valence-corrected chi connectivity index (χ2v) is 5.88. The van der Waals surface area contributed by atoms with Crippen LogP contribution in [-0.2, 0) is 0 Å². The molecule has 114 valence electrons. The summed E-state index contributed by atoms with van der Waals surface area (Å²) in [5, 5.41) is 2.21. The highest BCUT2D eigenvalue weighted by Gasteiger charge is 2.14. The zero-order valence-electron chi connectivity index (χ0n) is 12.9. The van der Waals surface area contributed by atoms with Crippen molar-refractivity contribution in [3.63, 3.8) is 0 Å². The molecule has 0 spiro atoms. The van der Waals surface area contributed by atoms with Gasteiger partial charge < -0.3 is 8.83 Å². The molecule has 2 aromatic heterocycles. The molecule has 0 aliphatic carbocycles. The Kier molecular flexibility index (Phi) is 2.83. The van der Waals surface area contributed by atoms with Gasteiger partial charge in [0.1, 0.15) is 11.2 Å². The van der Waals surface area contributed by atoms with Crippen LogP contribution >= 0.6 is 0 Å². The first-order valence-corrected chi connectivity index (χ1v) is 7.93. The molecule has 0 aliphatic rings. The molecule has 0 fully saturated rings. The van der Waals surface area contributed by atoms with E-state index in [9.17, 15) is 0 Å². The molecule has 0 atom stereocenters. The minimum Gasteiger partial charge on any atom is -0.464 e. The van der Waals surface area contributed by atoms with Gasteiger partial charge in [-0.3, -0.25) is 0 Å². The lowest BCUT2D eigenvalue weighted by atomic mass is 10.0. The third kappa shape index (κ3) is 1.97. The summed E-state index contributed by atoms with van der Waals surface area (Å²) in [5.74, 6) is 0. The van der Waals surface area contributed by atoms with Crippen LogP contribution in [0.3, 0.4) is 0 Å². The summed E-state index contributed by atoms with van der Waals surface area (Å²) in [4.78, 5) is 0. The lowest BCUT2D eigenvalue weighted by molar-refractivity contribution is 0.605. The normalized spacial score (nSPS) is 11.3. The maximum absolute atomic E-state index is 5.77. The van der Waals surface area contributed by atoms with E-state index < -0.39 is 0 Å². The molecular formula is C22H14O2. The van der Waals surface area contributed by atoms with Gasteiger partial charge in [0.25, 0.3) is 0 Å². The number of benzene rings is 3. The Hall–Kier alpha value is -3.26. The minimum atomic E-state index is 0.843. The number of hydrogen-bond donors (Lipinski definition) is 0. The number of hydrogen-bond acceptors (Lipinski definition) is 2. The molecule has 0 radical (unpaired) electrons. The first-order chi connectivity index (χ1) is 11.9. The molecule has 3 aromatic carbocycles. The van der Waals surface area contributed by atoms with Crippen molar-refractivity contribution in [2.24, 2.45) is 0 Å². The molecule has 0 unspecified atom stereocenters. The van der Waals surface area contributed by atoms with E-state index in [4.69, 9.17) is 8.83 Å². The number of furan rings is 2. The molecule has 0 bridgehead atoms. The van der Waals surface area contributed by atoms with Gasteiger partial charge in [-0.15, -0.1) is 0 Å². The van der Waals surface area contributed by atoms with E-state index in [0.717, 1.165) is 44.2 Å². The predicted octanol–water partition coefficient (Wildman–Crippen LogP) is 6.51. The molecule has 0 saturated heterocycles. The van der Waals surface area contributed by atoms with Crippen LogP contribution in [0.4, 0.5) is 0 Å². The van der Waals surface area contributed by atoms with Crippen LogP contribution in [0.5, 0.6) is 0 Å². The van der Waals surface area contributed by atoms with Crippen molar-refractivity contribution in [3.8, 4) is 22.3 Å². The molecule has 0 aliphatic heterocycles. The largest absolute Gasteiger partial charge is 0.464 e. The Morgan fingerprint density at radius 1 is 0.500 bits per heavy atom. The van der Waals surface area contributed by atoms with Gasteiger partial charge in [-0.25, -0.2) is 0 Å². The Labute approximate surface area is 138 Å². The highest BCUT2D eigenvalue weighted by atomic mass is 16.3. The van der Waals surface area contributed by atoms with Crippen LogP contribution in [0.2, 0.25) is 0 Å². The first-order valence-electron chi connectivity index (χ1n) is 7.93. The highest BCUT2D eigenvalue weighted by molar-refractivity contribution is 6.06. The molecule has 0 saturated carbocycles.